The summed E-state index contributed by atoms with van der Waals surface area (Å²) in [5.41, 5.74) is 4.75. The van der Waals surface area contributed by atoms with Crippen molar-refractivity contribution < 1.29 is 8.60 Å². The minimum Gasteiger partial charge on any atom is -0.325 e. The van der Waals surface area contributed by atoms with Crippen LogP contribution in [0.5, 0.6) is 0 Å². The normalized spacial score (nSPS) is 64.2. The summed E-state index contributed by atoms with van der Waals surface area (Å²) < 4.78 is 30.5. The Morgan fingerprint density at radius 1 is 1.19 bits per heavy atom. The van der Waals surface area contributed by atoms with Crippen LogP contribution in [0.4, 0.5) is 4.39 Å². The van der Waals surface area contributed by atoms with Crippen LogP contribution in [0.3, 0.4) is 0 Å². The quantitative estimate of drug-likeness (QED) is 0.797. The van der Waals surface area contributed by atoms with Crippen LogP contribution in [0.25, 0.3) is 0 Å². The van der Waals surface area contributed by atoms with E-state index < -0.39 is 15.4 Å². The molecule has 16 heavy (non-hydrogen) atoms. The van der Waals surface area contributed by atoms with Crippen molar-refractivity contribution in [2.75, 3.05) is 6.26 Å². The van der Waals surface area contributed by atoms with E-state index in [0.717, 1.165) is 19.3 Å². The van der Waals surface area contributed by atoms with E-state index >= 15 is 0 Å². The lowest BCUT2D eigenvalue weighted by molar-refractivity contribution is -0.146. The largest absolute Gasteiger partial charge is 0.325 e. The molecule has 1 unspecified atom stereocenters. The predicted molar refractivity (Wildman–Crippen MR) is 60.4 cm³/mol. The van der Waals surface area contributed by atoms with Gasteiger partial charge in [-0.15, -0.1) is 0 Å². The highest BCUT2D eigenvalue weighted by molar-refractivity contribution is 7.94. The van der Waals surface area contributed by atoms with Crippen LogP contribution in [0.1, 0.15) is 38.5 Å². The summed E-state index contributed by atoms with van der Waals surface area (Å²) in [6, 6.07) is 0. The number of hydrogen-bond donors (Lipinski definition) is 1. The Labute approximate surface area is 95.1 Å². The molecule has 5 heteroatoms. The fourth-order valence-electron chi connectivity index (χ4n) is 4.35. The Morgan fingerprint density at radius 2 is 1.69 bits per heavy atom. The summed E-state index contributed by atoms with van der Waals surface area (Å²) in [6.45, 7) is 0. The molecule has 3 nitrogen and oxygen atoms in total. The molecule has 6 fully saturated rings. The van der Waals surface area contributed by atoms with E-state index in [1.54, 1.807) is 6.26 Å². The van der Waals surface area contributed by atoms with Gasteiger partial charge in [0.1, 0.15) is 5.67 Å². The summed E-state index contributed by atoms with van der Waals surface area (Å²) in [5, 5.41) is 0. The van der Waals surface area contributed by atoms with Gasteiger partial charge in [0.05, 0.1) is 20.0 Å². The zero-order chi connectivity index (χ0) is 11.4. The second-order valence-electron chi connectivity index (χ2n) is 6.88. The third-order valence-corrected chi connectivity index (χ3v) is 7.91. The first kappa shape index (κ1) is 9.83. The molecule has 0 aromatic rings. The molecule has 0 radical (unpaired) electrons. The molecule has 0 heterocycles. The highest BCUT2D eigenvalue weighted by Crippen LogP contribution is 2.68. The Morgan fingerprint density at radius 3 is 2.06 bits per heavy atom. The highest BCUT2D eigenvalue weighted by atomic mass is 32.2. The van der Waals surface area contributed by atoms with Gasteiger partial charge in [0.15, 0.2) is 0 Å². The molecule has 90 valence electrons. The second kappa shape index (κ2) is 2.09. The van der Waals surface area contributed by atoms with Crippen LogP contribution >= 0.6 is 0 Å². The van der Waals surface area contributed by atoms with Crippen molar-refractivity contribution in [2.45, 2.75) is 60.0 Å². The summed E-state index contributed by atoms with van der Waals surface area (Å²) in [7, 11) is -2.17. The number of alkyl halides is 1. The highest BCUT2D eigenvalue weighted by Gasteiger charge is 2.73. The molecule has 4 bridgehead atoms. The van der Waals surface area contributed by atoms with E-state index in [9.17, 15) is 8.60 Å². The first-order valence-corrected chi connectivity index (χ1v) is 7.83. The van der Waals surface area contributed by atoms with Gasteiger partial charge in [0.25, 0.3) is 0 Å². The lowest BCUT2D eigenvalue weighted by Gasteiger charge is -2.70. The van der Waals surface area contributed by atoms with E-state index in [4.69, 9.17) is 5.73 Å². The average Bonchev–Trinajstić information content (AvgIpc) is 1.90. The van der Waals surface area contributed by atoms with Gasteiger partial charge in [-0.25, -0.2) is 13.0 Å². The SMILES string of the molecule is CS(=O)(=NC12CC(F)(C1)C2)C12CC(N)(C1)C2. The Kier molecular flexibility index (Phi) is 1.29. The average molecular weight is 244 g/mol. The van der Waals surface area contributed by atoms with Gasteiger partial charge >= 0.3 is 0 Å². The second-order valence-corrected chi connectivity index (χ2v) is 9.53. The lowest BCUT2D eigenvalue weighted by atomic mass is 9.48. The zero-order valence-corrected chi connectivity index (χ0v) is 10.3. The van der Waals surface area contributed by atoms with Gasteiger partial charge in [-0.3, -0.25) is 0 Å². The molecule has 6 rings (SSSR count). The molecular weight excluding hydrogens is 227 g/mol. The van der Waals surface area contributed by atoms with Crippen molar-refractivity contribution in [1.82, 2.24) is 0 Å². The third kappa shape index (κ3) is 0.883. The molecule has 0 aromatic carbocycles. The zero-order valence-electron chi connectivity index (χ0n) is 9.46. The van der Waals surface area contributed by atoms with Crippen LogP contribution in [0.15, 0.2) is 4.36 Å². The van der Waals surface area contributed by atoms with Gasteiger partial charge in [-0.05, 0) is 19.3 Å². The Hall–Kier alpha value is -0.160. The topological polar surface area (TPSA) is 55.5 Å². The van der Waals surface area contributed by atoms with E-state index in [-0.39, 0.29) is 15.8 Å². The van der Waals surface area contributed by atoms with Crippen molar-refractivity contribution in [2.24, 2.45) is 10.1 Å². The molecule has 6 aliphatic carbocycles. The van der Waals surface area contributed by atoms with Gasteiger partial charge in [-0.2, -0.15) is 0 Å². The lowest BCUT2D eigenvalue weighted by Crippen LogP contribution is -2.79. The molecule has 6 saturated carbocycles. The van der Waals surface area contributed by atoms with Gasteiger partial charge in [0.2, 0.25) is 0 Å². The van der Waals surface area contributed by atoms with Crippen molar-refractivity contribution in [3.8, 4) is 0 Å². The number of halogens is 1. The minimum atomic E-state index is -2.17. The molecule has 6 aliphatic rings. The van der Waals surface area contributed by atoms with Crippen molar-refractivity contribution in [1.29, 1.82) is 0 Å². The molecule has 0 aliphatic heterocycles. The summed E-state index contributed by atoms with van der Waals surface area (Å²) >= 11 is 0. The minimum absolute atomic E-state index is 0.0328. The van der Waals surface area contributed by atoms with Crippen LogP contribution in [0, 0.1) is 0 Å². The summed E-state index contributed by atoms with van der Waals surface area (Å²) in [6.07, 6.45) is 5.86. The number of nitrogens with two attached hydrogens (primary N) is 1. The first-order valence-electron chi connectivity index (χ1n) is 5.91. The van der Waals surface area contributed by atoms with Crippen molar-refractivity contribution >= 4 is 9.73 Å². The smallest absolute Gasteiger partial charge is 0.118 e. The Balaban J connectivity index is 1.64. The van der Waals surface area contributed by atoms with E-state index in [0.29, 0.717) is 19.3 Å². The van der Waals surface area contributed by atoms with Crippen LogP contribution in [-0.4, -0.2) is 32.0 Å². The fourth-order valence-corrected chi connectivity index (χ4v) is 7.14. The monoisotopic (exact) mass is 244 g/mol. The molecule has 1 atom stereocenters. The number of rotatable bonds is 2. The van der Waals surface area contributed by atoms with Crippen LogP contribution in [-0.2, 0) is 9.73 Å². The number of hydrogen-bond acceptors (Lipinski definition) is 3. The molecule has 2 N–H and O–H groups in total. The molecule has 0 amide bonds. The van der Waals surface area contributed by atoms with Crippen LogP contribution < -0.4 is 5.73 Å². The molecule has 0 spiro atoms. The van der Waals surface area contributed by atoms with E-state index in [1.807, 2.05) is 0 Å². The molecule has 0 aromatic heterocycles. The third-order valence-electron chi connectivity index (χ3n) is 5.13. The van der Waals surface area contributed by atoms with Gasteiger partial charge in [0, 0.05) is 31.1 Å². The molecular formula is C11H17FN2OS. The standard InChI is InChI=1S/C11H17FN2OS/c1-16(15,11-5-9(13,6-11)7-11)14-10-2-8(12,3-10)4-10/h2-7,13H2,1H3. The van der Waals surface area contributed by atoms with Crippen LogP contribution in [0.2, 0.25) is 0 Å². The number of nitrogens with zero attached hydrogens (tertiary/aromatic N) is 1. The Bertz CT molecular complexity index is 481. The van der Waals surface area contributed by atoms with Crippen molar-refractivity contribution in [3.05, 3.63) is 0 Å². The van der Waals surface area contributed by atoms with E-state index in [1.165, 1.54) is 0 Å². The predicted octanol–water partition coefficient (Wildman–Crippen LogP) is 1.36. The maximum Gasteiger partial charge on any atom is 0.118 e. The summed E-state index contributed by atoms with van der Waals surface area (Å²) in [5.74, 6) is 0. The van der Waals surface area contributed by atoms with Crippen molar-refractivity contribution in [3.63, 3.8) is 0 Å². The van der Waals surface area contributed by atoms with Gasteiger partial charge < -0.3 is 5.73 Å². The maximum absolute atomic E-state index is 13.4. The van der Waals surface area contributed by atoms with Gasteiger partial charge in [-0.1, -0.05) is 0 Å². The summed E-state index contributed by atoms with van der Waals surface area (Å²) in [4.78, 5) is 0. The first-order chi connectivity index (χ1) is 7.20. The molecule has 0 saturated heterocycles. The maximum atomic E-state index is 13.4. The van der Waals surface area contributed by atoms with E-state index in [2.05, 4.69) is 4.36 Å². The fraction of sp³-hybridized carbons (Fsp3) is 1.00.